The maximum Gasteiger partial charge on any atom is 0.266 e. The highest BCUT2D eigenvalue weighted by Crippen LogP contribution is 2.38. The van der Waals surface area contributed by atoms with Gasteiger partial charge in [-0.25, -0.2) is 9.67 Å². The van der Waals surface area contributed by atoms with E-state index in [0.717, 1.165) is 55.9 Å². The second kappa shape index (κ2) is 6.49. The first-order valence-corrected chi connectivity index (χ1v) is 10.0. The predicted molar refractivity (Wildman–Crippen MR) is 102 cm³/mol. The van der Waals surface area contributed by atoms with Crippen LogP contribution in [0.25, 0.3) is 0 Å². The minimum atomic E-state index is -0.0475. The fourth-order valence-corrected chi connectivity index (χ4v) is 4.46. The molecule has 2 aromatic heterocycles. The molecule has 138 valence electrons. The van der Waals surface area contributed by atoms with Crippen molar-refractivity contribution < 1.29 is 0 Å². The lowest BCUT2D eigenvalue weighted by molar-refractivity contribution is 0.480. The van der Waals surface area contributed by atoms with Crippen LogP contribution in [-0.4, -0.2) is 27.4 Å². The molecule has 6 heteroatoms. The van der Waals surface area contributed by atoms with Gasteiger partial charge in [0.25, 0.3) is 5.56 Å². The molecule has 2 aromatic rings. The second-order valence-corrected chi connectivity index (χ2v) is 7.97. The maximum atomic E-state index is 12.3. The van der Waals surface area contributed by atoms with Gasteiger partial charge >= 0.3 is 0 Å². The fourth-order valence-electron chi connectivity index (χ4n) is 4.46. The summed E-state index contributed by atoms with van der Waals surface area (Å²) in [5.41, 5.74) is 4.01. The number of aryl methyl sites for hydroxylation is 2. The van der Waals surface area contributed by atoms with Crippen LogP contribution >= 0.6 is 0 Å². The SMILES string of the molecule is N#Cc1cc2c(nc1N1CCCC1Cn1nc(C3CC3)ccc1=O)CCC2. The standard InChI is InChI=1S/C21H23N5O/c22-12-16-11-15-3-1-5-18(15)23-21(16)25-10-2-4-17(25)13-26-20(27)9-8-19(24-26)14-6-7-14/h8-9,11,14,17H,1-7,10,13H2. The van der Waals surface area contributed by atoms with E-state index in [-0.39, 0.29) is 11.6 Å². The van der Waals surface area contributed by atoms with Gasteiger partial charge in [0.2, 0.25) is 0 Å². The number of rotatable bonds is 4. The number of aromatic nitrogens is 3. The average Bonchev–Trinajstić information content (AvgIpc) is 3.26. The zero-order valence-corrected chi connectivity index (χ0v) is 15.4. The third-order valence-corrected chi connectivity index (χ3v) is 6.07. The van der Waals surface area contributed by atoms with E-state index in [0.29, 0.717) is 18.0 Å². The Labute approximate surface area is 158 Å². The normalized spacial score (nSPS) is 21.3. The number of nitriles is 1. The first-order valence-electron chi connectivity index (χ1n) is 10.0. The van der Waals surface area contributed by atoms with Crippen LogP contribution in [0.3, 0.4) is 0 Å². The van der Waals surface area contributed by atoms with Crippen molar-refractivity contribution in [2.45, 2.75) is 63.5 Å². The average molecular weight is 361 g/mol. The molecule has 2 fully saturated rings. The quantitative estimate of drug-likeness (QED) is 0.837. The molecule has 0 spiro atoms. The Balaban J connectivity index is 1.46. The molecular formula is C21H23N5O. The minimum Gasteiger partial charge on any atom is -0.351 e. The van der Waals surface area contributed by atoms with E-state index >= 15 is 0 Å². The van der Waals surface area contributed by atoms with Crippen molar-refractivity contribution in [1.29, 1.82) is 5.26 Å². The Bertz CT molecular complexity index is 985. The van der Waals surface area contributed by atoms with Crippen molar-refractivity contribution in [1.82, 2.24) is 14.8 Å². The minimum absolute atomic E-state index is 0.0475. The van der Waals surface area contributed by atoms with Crippen LogP contribution in [0.1, 0.15) is 60.5 Å². The zero-order valence-electron chi connectivity index (χ0n) is 15.4. The number of fused-ring (bicyclic) bond motifs is 1. The topological polar surface area (TPSA) is 74.8 Å². The van der Waals surface area contributed by atoms with E-state index in [1.165, 1.54) is 18.4 Å². The smallest absolute Gasteiger partial charge is 0.266 e. The summed E-state index contributed by atoms with van der Waals surface area (Å²) >= 11 is 0. The Morgan fingerprint density at radius 3 is 2.89 bits per heavy atom. The highest BCUT2D eigenvalue weighted by Gasteiger charge is 2.31. The van der Waals surface area contributed by atoms with Crippen LogP contribution in [-0.2, 0) is 19.4 Å². The van der Waals surface area contributed by atoms with Gasteiger partial charge in [-0.3, -0.25) is 4.79 Å². The number of hydrogen-bond donors (Lipinski definition) is 0. The van der Waals surface area contributed by atoms with E-state index < -0.39 is 0 Å². The fraction of sp³-hybridized carbons (Fsp3) is 0.524. The highest BCUT2D eigenvalue weighted by molar-refractivity contribution is 5.58. The molecule has 1 atom stereocenters. The second-order valence-electron chi connectivity index (χ2n) is 7.97. The molecule has 1 aliphatic heterocycles. The molecule has 1 unspecified atom stereocenters. The number of nitrogens with zero attached hydrogens (tertiary/aromatic N) is 5. The molecule has 6 nitrogen and oxygen atoms in total. The van der Waals surface area contributed by atoms with E-state index in [1.54, 1.807) is 10.7 Å². The van der Waals surface area contributed by atoms with Gasteiger partial charge in [-0.1, -0.05) is 0 Å². The molecule has 0 N–H and O–H groups in total. The molecule has 0 bridgehead atoms. The molecule has 1 saturated carbocycles. The van der Waals surface area contributed by atoms with Gasteiger partial charge in [-0.15, -0.1) is 0 Å². The summed E-state index contributed by atoms with van der Waals surface area (Å²) in [6, 6.07) is 8.05. The molecule has 3 heterocycles. The van der Waals surface area contributed by atoms with Gasteiger partial charge in [0.15, 0.2) is 0 Å². The first-order chi connectivity index (χ1) is 13.2. The zero-order chi connectivity index (χ0) is 18.4. The van der Waals surface area contributed by atoms with Gasteiger partial charge in [0.1, 0.15) is 11.9 Å². The molecule has 0 aromatic carbocycles. The van der Waals surface area contributed by atoms with E-state index in [4.69, 9.17) is 4.98 Å². The lowest BCUT2D eigenvalue weighted by Crippen LogP contribution is -2.38. The Morgan fingerprint density at radius 2 is 2.07 bits per heavy atom. The van der Waals surface area contributed by atoms with Gasteiger partial charge < -0.3 is 4.90 Å². The highest BCUT2D eigenvalue weighted by atomic mass is 16.1. The molecule has 1 saturated heterocycles. The summed E-state index contributed by atoms with van der Waals surface area (Å²) in [5.74, 6) is 1.33. The van der Waals surface area contributed by atoms with E-state index in [2.05, 4.69) is 16.1 Å². The molecule has 3 aliphatic rings. The van der Waals surface area contributed by atoms with Crippen molar-refractivity contribution in [3.8, 4) is 6.07 Å². The third-order valence-electron chi connectivity index (χ3n) is 6.07. The molecular weight excluding hydrogens is 338 g/mol. The maximum absolute atomic E-state index is 12.3. The van der Waals surface area contributed by atoms with Gasteiger partial charge in [0.05, 0.1) is 23.8 Å². The molecule has 5 rings (SSSR count). The van der Waals surface area contributed by atoms with E-state index in [9.17, 15) is 10.1 Å². The molecule has 2 aliphatic carbocycles. The lowest BCUT2D eigenvalue weighted by Gasteiger charge is -2.27. The summed E-state index contributed by atoms with van der Waals surface area (Å²) in [6.45, 7) is 1.44. The van der Waals surface area contributed by atoms with Crippen LogP contribution in [0, 0.1) is 11.3 Å². The van der Waals surface area contributed by atoms with Crippen molar-refractivity contribution >= 4 is 5.82 Å². The first kappa shape index (κ1) is 16.5. The van der Waals surface area contributed by atoms with E-state index in [1.807, 2.05) is 12.1 Å². The van der Waals surface area contributed by atoms with Crippen LogP contribution < -0.4 is 10.5 Å². The molecule has 0 amide bonds. The van der Waals surface area contributed by atoms with Crippen molar-refractivity contribution in [3.63, 3.8) is 0 Å². The summed E-state index contributed by atoms with van der Waals surface area (Å²) in [4.78, 5) is 19.4. The molecule has 0 radical (unpaired) electrons. The van der Waals surface area contributed by atoms with Crippen molar-refractivity contribution in [2.24, 2.45) is 0 Å². The Hall–Kier alpha value is -2.68. The van der Waals surface area contributed by atoms with Gasteiger partial charge in [0, 0.05) is 24.2 Å². The van der Waals surface area contributed by atoms with Crippen LogP contribution in [0.15, 0.2) is 23.0 Å². The summed E-state index contributed by atoms with van der Waals surface area (Å²) < 4.78 is 1.62. The van der Waals surface area contributed by atoms with Crippen molar-refractivity contribution in [2.75, 3.05) is 11.4 Å². The van der Waals surface area contributed by atoms with Crippen molar-refractivity contribution in [3.05, 3.63) is 51.1 Å². The number of pyridine rings is 1. The number of hydrogen-bond acceptors (Lipinski definition) is 5. The Kier molecular flexibility index (Phi) is 3.96. The van der Waals surface area contributed by atoms with Crippen LogP contribution in [0.4, 0.5) is 5.82 Å². The third kappa shape index (κ3) is 3.01. The van der Waals surface area contributed by atoms with Crippen LogP contribution in [0.5, 0.6) is 0 Å². The lowest BCUT2D eigenvalue weighted by atomic mass is 10.1. The van der Waals surface area contributed by atoms with Gasteiger partial charge in [-0.2, -0.15) is 10.4 Å². The van der Waals surface area contributed by atoms with Crippen LogP contribution in [0.2, 0.25) is 0 Å². The molecule has 27 heavy (non-hydrogen) atoms. The largest absolute Gasteiger partial charge is 0.351 e. The summed E-state index contributed by atoms with van der Waals surface area (Å²) in [5, 5.41) is 14.3. The summed E-state index contributed by atoms with van der Waals surface area (Å²) in [7, 11) is 0. The Morgan fingerprint density at radius 1 is 1.19 bits per heavy atom. The number of anilines is 1. The predicted octanol–water partition coefficient (Wildman–Crippen LogP) is 2.55. The monoisotopic (exact) mass is 361 g/mol. The van der Waals surface area contributed by atoms with Gasteiger partial charge in [-0.05, 0) is 62.6 Å². The summed E-state index contributed by atoms with van der Waals surface area (Å²) in [6.07, 6.45) is 7.52.